The Kier molecular flexibility index (Phi) is 8.67. The van der Waals surface area contributed by atoms with Crippen LogP contribution < -0.4 is 14.8 Å². The van der Waals surface area contributed by atoms with E-state index in [4.69, 9.17) is 21.1 Å². The predicted molar refractivity (Wildman–Crippen MR) is 99.0 cm³/mol. The Morgan fingerprint density at radius 2 is 2.12 bits per heavy atom. The normalized spacial score (nSPS) is 17.2. The van der Waals surface area contributed by atoms with Gasteiger partial charge in [0.15, 0.2) is 11.5 Å². The lowest BCUT2D eigenvalue weighted by atomic mass is 10.1. The number of hydrogen-bond acceptors (Lipinski definition) is 4. The average molecular weight is 377 g/mol. The van der Waals surface area contributed by atoms with Gasteiger partial charge in [0.1, 0.15) is 0 Å². The summed E-state index contributed by atoms with van der Waals surface area (Å²) < 4.78 is 11.3. The molecule has 0 aromatic heterocycles. The number of nitrogens with zero attached hydrogens (tertiary/aromatic N) is 1. The van der Waals surface area contributed by atoms with Crippen LogP contribution in [-0.4, -0.2) is 49.7 Å². The zero-order valence-corrected chi connectivity index (χ0v) is 16.0. The van der Waals surface area contributed by atoms with Crippen LogP contribution >= 0.6 is 24.0 Å². The highest BCUT2D eigenvalue weighted by Crippen LogP contribution is 2.37. The van der Waals surface area contributed by atoms with Gasteiger partial charge in [0.2, 0.25) is 0 Å². The van der Waals surface area contributed by atoms with Gasteiger partial charge in [-0.15, -0.1) is 12.4 Å². The van der Waals surface area contributed by atoms with Crippen LogP contribution in [0.5, 0.6) is 11.5 Å². The fraction of sp³-hybridized carbons (Fsp3) is 0.588. The number of carbonyl (C=O) groups excluding carboxylic acids is 1. The summed E-state index contributed by atoms with van der Waals surface area (Å²) >= 11 is 6.33. The van der Waals surface area contributed by atoms with Gasteiger partial charge in [-0.3, -0.25) is 4.79 Å². The van der Waals surface area contributed by atoms with E-state index in [0.29, 0.717) is 54.4 Å². The molecule has 7 heteroatoms. The van der Waals surface area contributed by atoms with Gasteiger partial charge in [0, 0.05) is 31.2 Å². The average Bonchev–Trinajstić information content (AvgIpc) is 2.53. The first-order valence-corrected chi connectivity index (χ1v) is 8.56. The zero-order valence-electron chi connectivity index (χ0n) is 14.4. The van der Waals surface area contributed by atoms with Crippen LogP contribution in [0.2, 0.25) is 5.02 Å². The first-order valence-electron chi connectivity index (χ1n) is 8.18. The highest BCUT2D eigenvalue weighted by Gasteiger charge is 2.24. The Morgan fingerprint density at radius 3 is 2.75 bits per heavy atom. The minimum Gasteiger partial charge on any atom is -0.490 e. The maximum Gasteiger partial charge on any atom is 0.254 e. The lowest BCUT2D eigenvalue weighted by molar-refractivity contribution is 0.0708. The lowest BCUT2D eigenvalue weighted by Crippen LogP contribution is -2.51. The fourth-order valence-electron chi connectivity index (χ4n) is 2.60. The maximum atomic E-state index is 12.7. The van der Waals surface area contributed by atoms with E-state index in [1.165, 1.54) is 0 Å². The van der Waals surface area contributed by atoms with Gasteiger partial charge in [-0.2, -0.15) is 0 Å². The molecule has 1 aromatic rings. The highest BCUT2D eigenvalue weighted by atomic mass is 35.5. The van der Waals surface area contributed by atoms with Gasteiger partial charge >= 0.3 is 0 Å². The van der Waals surface area contributed by atoms with Crippen molar-refractivity contribution in [2.45, 2.75) is 33.2 Å². The second-order valence-electron chi connectivity index (χ2n) is 5.67. The molecule has 0 aliphatic carbocycles. The smallest absolute Gasteiger partial charge is 0.254 e. The number of piperazine rings is 1. The quantitative estimate of drug-likeness (QED) is 0.826. The number of carbonyl (C=O) groups is 1. The topological polar surface area (TPSA) is 50.8 Å². The fourth-order valence-corrected chi connectivity index (χ4v) is 2.86. The number of ether oxygens (including phenoxy) is 2. The van der Waals surface area contributed by atoms with E-state index in [1.807, 2.05) is 18.7 Å². The lowest BCUT2D eigenvalue weighted by Gasteiger charge is -2.32. The number of hydrogen-bond donors (Lipinski definition) is 1. The number of benzene rings is 1. The molecule has 5 nitrogen and oxygen atoms in total. The molecule has 1 amide bonds. The first kappa shape index (κ1) is 20.9. The van der Waals surface area contributed by atoms with Crippen molar-refractivity contribution in [3.8, 4) is 11.5 Å². The molecule has 1 saturated heterocycles. The predicted octanol–water partition coefficient (Wildman–Crippen LogP) is 3.38. The Hall–Kier alpha value is -1.17. The molecule has 1 aliphatic rings. The number of halogens is 2. The van der Waals surface area contributed by atoms with E-state index in [0.717, 1.165) is 13.0 Å². The van der Waals surface area contributed by atoms with E-state index in [1.54, 1.807) is 12.1 Å². The van der Waals surface area contributed by atoms with Gasteiger partial charge in [-0.1, -0.05) is 18.5 Å². The standard InChI is InChI=1S/C17H25ClN2O3.ClH/c1-4-8-23-16-14(18)9-13(10-15(16)22-5-2)17(21)20-7-6-19-12(3)11-20;/h9-10,12,19H,4-8,11H2,1-3H3;1H. The number of rotatable bonds is 6. The van der Waals surface area contributed by atoms with Crippen molar-refractivity contribution in [2.24, 2.45) is 0 Å². The van der Waals surface area contributed by atoms with Crippen LogP contribution in [0, 0.1) is 0 Å². The molecule has 2 rings (SSSR count). The minimum atomic E-state index is -0.0248. The van der Waals surface area contributed by atoms with Crippen molar-refractivity contribution in [1.82, 2.24) is 10.2 Å². The summed E-state index contributed by atoms with van der Waals surface area (Å²) in [5.74, 6) is 1.02. The molecule has 1 unspecified atom stereocenters. The van der Waals surface area contributed by atoms with Gasteiger partial charge in [0.05, 0.1) is 18.2 Å². The third-order valence-corrected chi connectivity index (χ3v) is 3.94. The first-order chi connectivity index (χ1) is 11.1. The maximum absolute atomic E-state index is 12.7. The Labute approximate surface area is 155 Å². The Morgan fingerprint density at radius 1 is 1.38 bits per heavy atom. The Bertz CT molecular complexity index is 555. The van der Waals surface area contributed by atoms with Gasteiger partial charge in [0.25, 0.3) is 5.91 Å². The molecule has 1 fully saturated rings. The summed E-state index contributed by atoms with van der Waals surface area (Å²) in [6.45, 7) is 9.22. The van der Waals surface area contributed by atoms with E-state index in [9.17, 15) is 4.79 Å². The van der Waals surface area contributed by atoms with E-state index in [2.05, 4.69) is 12.2 Å². The van der Waals surface area contributed by atoms with E-state index >= 15 is 0 Å². The molecule has 0 bridgehead atoms. The summed E-state index contributed by atoms with van der Waals surface area (Å²) in [5, 5.41) is 3.74. The van der Waals surface area contributed by atoms with Crippen LogP contribution in [0.4, 0.5) is 0 Å². The van der Waals surface area contributed by atoms with Gasteiger partial charge in [-0.05, 0) is 32.4 Å². The molecule has 0 radical (unpaired) electrons. The molecule has 24 heavy (non-hydrogen) atoms. The molecule has 1 N–H and O–H groups in total. The molecule has 136 valence electrons. The van der Waals surface area contributed by atoms with Gasteiger partial charge < -0.3 is 19.7 Å². The molecule has 1 atom stereocenters. The summed E-state index contributed by atoms with van der Waals surface area (Å²) in [5.41, 5.74) is 0.538. The SMILES string of the molecule is CCCOc1c(Cl)cc(C(=O)N2CCNC(C)C2)cc1OCC.Cl. The molecule has 1 aromatic carbocycles. The number of nitrogens with one attached hydrogen (secondary N) is 1. The van der Waals surface area contributed by atoms with Crippen LogP contribution in [0.1, 0.15) is 37.6 Å². The molecule has 0 saturated carbocycles. The van der Waals surface area contributed by atoms with Crippen molar-refractivity contribution in [1.29, 1.82) is 0 Å². The third kappa shape index (κ3) is 5.16. The second kappa shape index (κ2) is 9.97. The van der Waals surface area contributed by atoms with Crippen molar-refractivity contribution in [2.75, 3.05) is 32.8 Å². The van der Waals surface area contributed by atoms with Crippen LogP contribution in [0.15, 0.2) is 12.1 Å². The molecule has 0 spiro atoms. The Balaban J connectivity index is 0.00000288. The van der Waals surface area contributed by atoms with Gasteiger partial charge in [-0.25, -0.2) is 0 Å². The van der Waals surface area contributed by atoms with Crippen LogP contribution in [0.3, 0.4) is 0 Å². The third-order valence-electron chi connectivity index (χ3n) is 3.66. The summed E-state index contributed by atoms with van der Waals surface area (Å²) in [4.78, 5) is 14.6. The monoisotopic (exact) mass is 376 g/mol. The van der Waals surface area contributed by atoms with Crippen molar-refractivity contribution < 1.29 is 14.3 Å². The zero-order chi connectivity index (χ0) is 16.8. The van der Waals surface area contributed by atoms with E-state index < -0.39 is 0 Å². The number of amides is 1. The molecular weight excluding hydrogens is 351 g/mol. The summed E-state index contributed by atoms with van der Waals surface area (Å²) in [6, 6.07) is 3.70. The summed E-state index contributed by atoms with van der Waals surface area (Å²) in [6.07, 6.45) is 0.876. The highest BCUT2D eigenvalue weighted by molar-refractivity contribution is 6.32. The van der Waals surface area contributed by atoms with E-state index in [-0.39, 0.29) is 18.3 Å². The molecular formula is C17H26Cl2N2O3. The summed E-state index contributed by atoms with van der Waals surface area (Å²) in [7, 11) is 0. The largest absolute Gasteiger partial charge is 0.490 e. The second-order valence-corrected chi connectivity index (χ2v) is 6.08. The minimum absolute atomic E-state index is 0. The molecule has 1 heterocycles. The van der Waals surface area contributed by atoms with Crippen molar-refractivity contribution in [3.63, 3.8) is 0 Å². The van der Waals surface area contributed by atoms with Crippen LogP contribution in [0.25, 0.3) is 0 Å². The van der Waals surface area contributed by atoms with Crippen molar-refractivity contribution in [3.05, 3.63) is 22.7 Å². The van der Waals surface area contributed by atoms with Crippen molar-refractivity contribution >= 4 is 29.9 Å². The van der Waals surface area contributed by atoms with Crippen LogP contribution in [-0.2, 0) is 0 Å². The molecule has 1 aliphatic heterocycles.